The lowest BCUT2D eigenvalue weighted by Crippen LogP contribution is -2.36. The van der Waals surface area contributed by atoms with Gasteiger partial charge in [-0.15, -0.1) is 0 Å². The Labute approximate surface area is 228 Å². The van der Waals surface area contributed by atoms with Gasteiger partial charge < -0.3 is 20.4 Å². The molecular weight excluding hydrogens is 480 g/mol. The summed E-state index contributed by atoms with van der Waals surface area (Å²) >= 11 is 0. The van der Waals surface area contributed by atoms with Crippen LogP contribution in [0.5, 0.6) is 0 Å². The highest BCUT2D eigenvalue weighted by Crippen LogP contribution is 2.46. The van der Waals surface area contributed by atoms with Crippen molar-refractivity contribution < 1.29 is 30.0 Å². The Bertz CT molecular complexity index is 863. The summed E-state index contributed by atoms with van der Waals surface area (Å²) in [6.07, 6.45) is 9.37. The van der Waals surface area contributed by atoms with Crippen LogP contribution < -0.4 is 0 Å². The molecule has 0 aromatic heterocycles. The van der Waals surface area contributed by atoms with Gasteiger partial charge in [-0.1, -0.05) is 49.9 Å². The highest BCUT2D eigenvalue weighted by molar-refractivity contribution is 5.73. The number of carboxylic acids is 2. The molecule has 1 aromatic carbocycles. The quantitative estimate of drug-likeness (QED) is 0.238. The van der Waals surface area contributed by atoms with Crippen molar-refractivity contribution in [2.45, 2.75) is 129 Å². The minimum absolute atomic E-state index is 0.0291. The summed E-state index contributed by atoms with van der Waals surface area (Å²) in [7, 11) is 0. The fourth-order valence-corrected chi connectivity index (χ4v) is 6.86. The van der Waals surface area contributed by atoms with Crippen molar-refractivity contribution in [2.24, 2.45) is 22.7 Å². The van der Waals surface area contributed by atoms with Crippen molar-refractivity contribution in [3.05, 3.63) is 35.4 Å². The number of aliphatic hydroxyl groups is 2. The monoisotopic (exact) mass is 530 g/mol. The molecule has 0 aliphatic heterocycles. The van der Waals surface area contributed by atoms with Crippen molar-refractivity contribution >= 4 is 11.9 Å². The number of carbonyl (C=O) groups is 2. The molecule has 6 nitrogen and oxygen atoms in total. The molecule has 6 atom stereocenters. The van der Waals surface area contributed by atoms with E-state index < -0.39 is 35.0 Å². The SMILES string of the molecule is CC(C)(CCCC1CCCC(c2ccccc2C2CCCC(CCCC(C)(C)C(=O)O)C2O)C1O)C(=O)O. The molecule has 6 heteroatoms. The van der Waals surface area contributed by atoms with E-state index in [0.717, 1.165) is 75.3 Å². The molecule has 0 amide bonds. The van der Waals surface area contributed by atoms with Gasteiger partial charge in [0.25, 0.3) is 0 Å². The maximum atomic E-state index is 11.5. The molecule has 0 radical (unpaired) electrons. The number of carboxylic acid groups (broad SMARTS) is 2. The largest absolute Gasteiger partial charge is 0.481 e. The van der Waals surface area contributed by atoms with Crippen molar-refractivity contribution in [2.75, 3.05) is 0 Å². The number of benzene rings is 1. The zero-order valence-corrected chi connectivity index (χ0v) is 23.9. The minimum atomic E-state index is -0.775. The summed E-state index contributed by atoms with van der Waals surface area (Å²) in [5.41, 5.74) is 0.824. The molecule has 1 aromatic rings. The van der Waals surface area contributed by atoms with Crippen LogP contribution in [0.3, 0.4) is 0 Å². The Balaban J connectivity index is 1.68. The molecule has 2 saturated carbocycles. The van der Waals surface area contributed by atoms with Crippen LogP contribution in [0.2, 0.25) is 0 Å². The van der Waals surface area contributed by atoms with Gasteiger partial charge in [0.15, 0.2) is 0 Å². The first-order valence-corrected chi connectivity index (χ1v) is 14.8. The Morgan fingerprint density at radius 3 is 1.42 bits per heavy atom. The first-order valence-electron chi connectivity index (χ1n) is 14.8. The number of rotatable bonds is 12. The summed E-state index contributed by atoms with van der Waals surface area (Å²) in [5.74, 6) is -1.17. The highest BCUT2D eigenvalue weighted by Gasteiger charge is 2.38. The van der Waals surface area contributed by atoms with Crippen LogP contribution >= 0.6 is 0 Å². The Morgan fingerprint density at radius 2 is 1.08 bits per heavy atom. The summed E-state index contributed by atoms with van der Waals surface area (Å²) in [4.78, 5) is 23.0. The number of aliphatic hydroxyl groups excluding tert-OH is 2. The molecule has 0 bridgehead atoms. The second kappa shape index (κ2) is 13.0. The first kappa shape index (κ1) is 30.6. The molecule has 2 aliphatic carbocycles. The average Bonchev–Trinajstić information content (AvgIpc) is 2.86. The van der Waals surface area contributed by atoms with Gasteiger partial charge in [0.2, 0.25) is 0 Å². The molecular formula is C32H50O6. The van der Waals surface area contributed by atoms with E-state index in [0.29, 0.717) is 12.8 Å². The molecule has 0 spiro atoms. The van der Waals surface area contributed by atoms with Gasteiger partial charge in [-0.25, -0.2) is 0 Å². The summed E-state index contributed by atoms with van der Waals surface area (Å²) in [5, 5.41) is 41.8. The normalized spacial score (nSPS) is 28.7. The lowest BCUT2D eigenvalue weighted by Gasteiger charge is -2.40. The second-order valence-electron chi connectivity index (χ2n) is 13.4. The van der Waals surface area contributed by atoms with Crippen LogP contribution in [0.4, 0.5) is 0 Å². The Kier molecular flexibility index (Phi) is 10.4. The Hall–Kier alpha value is -1.92. The summed E-state index contributed by atoms with van der Waals surface area (Å²) in [6, 6.07) is 8.33. The number of hydrogen-bond acceptors (Lipinski definition) is 4. The third kappa shape index (κ3) is 7.38. The smallest absolute Gasteiger partial charge is 0.309 e. The molecule has 6 unspecified atom stereocenters. The van der Waals surface area contributed by atoms with E-state index in [1.807, 2.05) is 12.1 Å². The van der Waals surface area contributed by atoms with Gasteiger partial charge in [0.05, 0.1) is 23.0 Å². The molecule has 38 heavy (non-hydrogen) atoms. The molecule has 2 aliphatic rings. The van der Waals surface area contributed by atoms with Crippen LogP contribution in [0.1, 0.15) is 128 Å². The average molecular weight is 531 g/mol. The van der Waals surface area contributed by atoms with Gasteiger partial charge in [-0.2, -0.15) is 0 Å². The van der Waals surface area contributed by atoms with Gasteiger partial charge in [0.1, 0.15) is 0 Å². The van der Waals surface area contributed by atoms with Gasteiger partial charge in [-0.3, -0.25) is 9.59 Å². The van der Waals surface area contributed by atoms with E-state index in [4.69, 9.17) is 0 Å². The van der Waals surface area contributed by atoms with E-state index >= 15 is 0 Å². The fourth-order valence-electron chi connectivity index (χ4n) is 6.86. The predicted octanol–water partition coefficient (Wildman–Crippen LogP) is 6.74. The zero-order valence-electron chi connectivity index (χ0n) is 23.9. The topological polar surface area (TPSA) is 115 Å². The van der Waals surface area contributed by atoms with E-state index in [2.05, 4.69) is 12.1 Å². The van der Waals surface area contributed by atoms with Crippen molar-refractivity contribution in [3.63, 3.8) is 0 Å². The predicted molar refractivity (Wildman–Crippen MR) is 149 cm³/mol. The second-order valence-corrected chi connectivity index (χ2v) is 13.4. The van der Waals surface area contributed by atoms with Crippen LogP contribution in [0.15, 0.2) is 24.3 Å². The van der Waals surface area contributed by atoms with Crippen molar-refractivity contribution in [3.8, 4) is 0 Å². The Morgan fingerprint density at radius 1 is 0.711 bits per heavy atom. The third-order valence-electron chi connectivity index (χ3n) is 9.68. The molecule has 2 fully saturated rings. The van der Waals surface area contributed by atoms with Crippen molar-refractivity contribution in [1.29, 1.82) is 0 Å². The number of hydrogen-bond donors (Lipinski definition) is 4. The molecule has 4 N–H and O–H groups in total. The van der Waals surface area contributed by atoms with E-state index in [1.54, 1.807) is 27.7 Å². The molecule has 3 rings (SSSR count). The minimum Gasteiger partial charge on any atom is -0.481 e. The van der Waals surface area contributed by atoms with Gasteiger partial charge in [0, 0.05) is 11.8 Å². The van der Waals surface area contributed by atoms with Crippen LogP contribution in [0, 0.1) is 22.7 Å². The van der Waals surface area contributed by atoms with E-state index in [9.17, 15) is 30.0 Å². The van der Waals surface area contributed by atoms with Crippen molar-refractivity contribution in [1.82, 2.24) is 0 Å². The first-order chi connectivity index (χ1) is 17.8. The molecule has 0 saturated heterocycles. The fraction of sp³-hybridized carbons (Fsp3) is 0.750. The summed E-state index contributed by atoms with van der Waals surface area (Å²) < 4.78 is 0. The van der Waals surface area contributed by atoms with E-state index in [-0.39, 0.29) is 23.7 Å². The van der Waals surface area contributed by atoms with Gasteiger partial charge in [-0.05, 0) is 102 Å². The van der Waals surface area contributed by atoms with Crippen LogP contribution in [-0.2, 0) is 9.59 Å². The lowest BCUT2D eigenvalue weighted by molar-refractivity contribution is -0.148. The molecule has 0 heterocycles. The van der Waals surface area contributed by atoms with Crippen LogP contribution in [0.25, 0.3) is 0 Å². The maximum absolute atomic E-state index is 11.5. The third-order valence-corrected chi connectivity index (χ3v) is 9.68. The summed E-state index contributed by atoms with van der Waals surface area (Å²) in [6.45, 7) is 7.06. The maximum Gasteiger partial charge on any atom is 0.309 e. The van der Waals surface area contributed by atoms with Crippen LogP contribution in [-0.4, -0.2) is 44.6 Å². The lowest BCUT2D eigenvalue weighted by atomic mass is 9.68. The standard InChI is InChI=1S/C32H50O6/c1-31(2,29(35)36)19-9-13-21-11-7-17-25(27(21)33)23-15-5-6-16-24(23)26-18-8-12-22(28(26)34)14-10-20-32(3,4)30(37)38/h5-6,15-16,21-22,25-28,33-34H,7-14,17-20H2,1-4H3,(H,35,36)(H,37,38). The zero-order chi connectivity index (χ0) is 28.1. The molecule has 214 valence electrons. The van der Waals surface area contributed by atoms with E-state index in [1.165, 1.54) is 0 Å². The van der Waals surface area contributed by atoms with Gasteiger partial charge >= 0.3 is 11.9 Å². The number of aliphatic carboxylic acids is 2. The highest BCUT2D eigenvalue weighted by atomic mass is 16.4.